The van der Waals surface area contributed by atoms with Gasteiger partial charge >= 0.3 is 5.97 Å². The Hall–Kier alpha value is -2.10. The molecule has 0 unspecified atom stereocenters. The third kappa shape index (κ3) is 4.05. The Morgan fingerprint density at radius 2 is 2.00 bits per heavy atom. The van der Waals surface area contributed by atoms with Crippen LogP contribution in [0.3, 0.4) is 0 Å². The van der Waals surface area contributed by atoms with E-state index in [1.54, 1.807) is 12.1 Å². The smallest absolute Gasteiger partial charge is 0.328 e. The molecule has 1 aromatic rings. The standard InChI is InChI=1S/C14H17NO3/c1-9(2)14(18)15-12-6-4-11(8-10(12)3)5-7-13(16)17/h4-9H,1-3H3,(H,15,18)(H,16,17). The van der Waals surface area contributed by atoms with Crippen molar-refractivity contribution in [1.82, 2.24) is 0 Å². The summed E-state index contributed by atoms with van der Waals surface area (Å²) in [5, 5.41) is 11.4. The van der Waals surface area contributed by atoms with Crippen LogP contribution in [0.1, 0.15) is 25.0 Å². The molecule has 4 heteroatoms. The van der Waals surface area contributed by atoms with Crippen LogP contribution in [-0.4, -0.2) is 17.0 Å². The van der Waals surface area contributed by atoms with E-state index in [2.05, 4.69) is 5.32 Å². The molecule has 0 radical (unpaired) electrons. The Morgan fingerprint density at radius 1 is 1.33 bits per heavy atom. The maximum absolute atomic E-state index is 11.6. The Kier molecular flexibility index (Phi) is 4.66. The molecule has 2 N–H and O–H groups in total. The normalized spacial score (nSPS) is 10.9. The fourth-order valence-corrected chi connectivity index (χ4v) is 1.38. The van der Waals surface area contributed by atoms with Crippen LogP contribution in [0, 0.1) is 12.8 Å². The average molecular weight is 247 g/mol. The monoisotopic (exact) mass is 247 g/mol. The topological polar surface area (TPSA) is 66.4 Å². The Bertz CT molecular complexity index is 490. The second-order valence-electron chi connectivity index (χ2n) is 4.39. The van der Waals surface area contributed by atoms with E-state index in [1.807, 2.05) is 26.8 Å². The van der Waals surface area contributed by atoms with Crippen molar-refractivity contribution in [3.63, 3.8) is 0 Å². The van der Waals surface area contributed by atoms with Crippen molar-refractivity contribution in [3.8, 4) is 0 Å². The van der Waals surface area contributed by atoms with E-state index in [0.717, 1.165) is 22.9 Å². The van der Waals surface area contributed by atoms with Crippen molar-refractivity contribution >= 4 is 23.6 Å². The lowest BCUT2D eigenvalue weighted by Crippen LogP contribution is -2.18. The van der Waals surface area contributed by atoms with Gasteiger partial charge in [-0.2, -0.15) is 0 Å². The van der Waals surface area contributed by atoms with Gasteiger partial charge in [-0.1, -0.05) is 19.9 Å². The number of anilines is 1. The molecular weight excluding hydrogens is 230 g/mol. The molecular formula is C14H17NO3. The van der Waals surface area contributed by atoms with Gasteiger partial charge in [0.1, 0.15) is 0 Å². The van der Waals surface area contributed by atoms with Gasteiger partial charge in [-0.15, -0.1) is 0 Å². The molecule has 18 heavy (non-hydrogen) atoms. The van der Waals surface area contributed by atoms with Crippen LogP contribution < -0.4 is 5.32 Å². The summed E-state index contributed by atoms with van der Waals surface area (Å²) < 4.78 is 0. The number of carbonyl (C=O) groups is 2. The SMILES string of the molecule is Cc1cc(C=CC(=O)O)ccc1NC(=O)C(C)C. The Balaban J connectivity index is 2.86. The van der Waals surface area contributed by atoms with E-state index in [9.17, 15) is 9.59 Å². The Morgan fingerprint density at radius 3 is 2.50 bits per heavy atom. The number of hydrogen-bond donors (Lipinski definition) is 2. The zero-order valence-corrected chi connectivity index (χ0v) is 10.7. The van der Waals surface area contributed by atoms with Crippen LogP contribution in [0.25, 0.3) is 6.08 Å². The van der Waals surface area contributed by atoms with Crippen molar-refractivity contribution in [2.45, 2.75) is 20.8 Å². The minimum atomic E-state index is -0.982. The minimum Gasteiger partial charge on any atom is -0.478 e. The number of aryl methyl sites for hydroxylation is 1. The molecule has 0 saturated heterocycles. The third-order valence-electron chi connectivity index (χ3n) is 2.45. The zero-order valence-electron chi connectivity index (χ0n) is 10.7. The number of carboxylic acids is 1. The molecule has 0 atom stereocenters. The van der Waals surface area contributed by atoms with Gasteiger partial charge in [0.05, 0.1) is 0 Å². The number of carboxylic acid groups (broad SMARTS) is 1. The molecule has 1 rings (SSSR count). The first-order valence-electron chi connectivity index (χ1n) is 5.72. The number of carbonyl (C=O) groups excluding carboxylic acids is 1. The average Bonchev–Trinajstić information content (AvgIpc) is 2.29. The van der Waals surface area contributed by atoms with Crippen molar-refractivity contribution in [2.75, 3.05) is 5.32 Å². The quantitative estimate of drug-likeness (QED) is 0.804. The summed E-state index contributed by atoms with van der Waals surface area (Å²) in [5.41, 5.74) is 2.44. The van der Waals surface area contributed by atoms with Crippen molar-refractivity contribution in [1.29, 1.82) is 0 Å². The summed E-state index contributed by atoms with van der Waals surface area (Å²) in [6.07, 6.45) is 2.60. The van der Waals surface area contributed by atoms with Crippen LogP contribution in [0.5, 0.6) is 0 Å². The fraction of sp³-hybridized carbons (Fsp3) is 0.286. The number of aliphatic carboxylic acids is 1. The molecule has 1 aromatic carbocycles. The predicted molar refractivity (Wildman–Crippen MR) is 71.3 cm³/mol. The van der Waals surface area contributed by atoms with Crippen LogP contribution in [-0.2, 0) is 9.59 Å². The molecule has 0 aliphatic carbocycles. The second-order valence-corrected chi connectivity index (χ2v) is 4.39. The van der Waals surface area contributed by atoms with Gasteiger partial charge in [0.15, 0.2) is 0 Å². The number of benzene rings is 1. The fourth-order valence-electron chi connectivity index (χ4n) is 1.38. The summed E-state index contributed by atoms with van der Waals surface area (Å²) in [6.45, 7) is 5.53. The number of amides is 1. The highest BCUT2D eigenvalue weighted by Gasteiger charge is 2.08. The zero-order chi connectivity index (χ0) is 13.7. The lowest BCUT2D eigenvalue weighted by atomic mass is 10.1. The van der Waals surface area contributed by atoms with E-state index >= 15 is 0 Å². The molecule has 0 aliphatic rings. The van der Waals surface area contributed by atoms with Gasteiger partial charge in [0.25, 0.3) is 0 Å². The lowest BCUT2D eigenvalue weighted by Gasteiger charge is -2.10. The third-order valence-corrected chi connectivity index (χ3v) is 2.45. The van der Waals surface area contributed by atoms with Gasteiger partial charge in [-0.05, 0) is 36.3 Å². The molecule has 0 saturated carbocycles. The molecule has 0 aliphatic heterocycles. The van der Waals surface area contributed by atoms with Gasteiger partial charge in [-0.3, -0.25) is 4.79 Å². The molecule has 0 heterocycles. The highest BCUT2D eigenvalue weighted by atomic mass is 16.4. The molecule has 96 valence electrons. The van der Waals surface area contributed by atoms with Crippen molar-refractivity contribution in [3.05, 3.63) is 35.4 Å². The molecule has 0 spiro atoms. The van der Waals surface area contributed by atoms with Crippen LogP contribution in [0.2, 0.25) is 0 Å². The maximum Gasteiger partial charge on any atom is 0.328 e. The molecule has 0 aromatic heterocycles. The second kappa shape index (κ2) is 6.00. The minimum absolute atomic E-state index is 0.0353. The highest BCUT2D eigenvalue weighted by Crippen LogP contribution is 2.18. The summed E-state index contributed by atoms with van der Waals surface area (Å²) in [6, 6.07) is 5.37. The highest BCUT2D eigenvalue weighted by molar-refractivity contribution is 5.93. The predicted octanol–water partition coefficient (Wildman–Crippen LogP) is 2.69. The van der Waals surface area contributed by atoms with Crippen LogP contribution in [0.4, 0.5) is 5.69 Å². The number of nitrogens with one attached hydrogen (secondary N) is 1. The summed E-state index contributed by atoms with van der Waals surface area (Å²) in [4.78, 5) is 22.0. The Labute approximate surface area is 106 Å². The summed E-state index contributed by atoms with van der Waals surface area (Å²) in [7, 11) is 0. The van der Waals surface area contributed by atoms with Crippen LogP contribution >= 0.6 is 0 Å². The maximum atomic E-state index is 11.6. The van der Waals surface area contributed by atoms with E-state index < -0.39 is 5.97 Å². The first kappa shape index (κ1) is 14.0. The van der Waals surface area contributed by atoms with E-state index in [-0.39, 0.29) is 11.8 Å². The van der Waals surface area contributed by atoms with Crippen LogP contribution in [0.15, 0.2) is 24.3 Å². The van der Waals surface area contributed by atoms with Gasteiger partial charge in [-0.25, -0.2) is 4.79 Å². The van der Waals surface area contributed by atoms with Crippen molar-refractivity contribution < 1.29 is 14.7 Å². The molecule has 4 nitrogen and oxygen atoms in total. The largest absolute Gasteiger partial charge is 0.478 e. The first-order valence-corrected chi connectivity index (χ1v) is 5.72. The summed E-state index contributed by atoms with van der Waals surface area (Å²) >= 11 is 0. The van der Waals surface area contributed by atoms with E-state index in [0.29, 0.717) is 0 Å². The van der Waals surface area contributed by atoms with Crippen molar-refractivity contribution in [2.24, 2.45) is 5.92 Å². The summed E-state index contributed by atoms with van der Waals surface area (Å²) in [5.74, 6) is -1.09. The van der Waals surface area contributed by atoms with Gasteiger partial charge < -0.3 is 10.4 Å². The molecule has 1 amide bonds. The molecule has 0 fully saturated rings. The van der Waals surface area contributed by atoms with E-state index in [1.165, 1.54) is 6.08 Å². The number of rotatable bonds is 4. The van der Waals surface area contributed by atoms with Gasteiger partial charge in [0, 0.05) is 17.7 Å². The first-order chi connectivity index (χ1) is 8.40. The number of hydrogen-bond acceptors (Lipinski definition) is 2. The van der Waals surface area contributed by atoms with Gasteiger partial charge in [0.2, 0.25) is 5.91 Å². The molecule has 0 bridgehead atoms. The van der Waals surface area contributed by atoms with E-state index in [4.69, 9.17) is 5.11 Å². The lowest BCUT2D eigenvalue weighted by molar-refractivity contribution is -0.131.